The molecule has 0 saturated heterocycles. The molecule has 0 saturated carbocycles. The summed E-state index contributed by atoms with van der Waals surface area (Å²) < 4.78 is 6.43. The van der Waals surface area contributed by atoms with Crippen LogP contribution in [0, 0.1) is 13.8 Å². The van der Waals surface area contributed by atoms with Crippen molar-refractivity contribution in [1.29, 1.82) is 0 Å². The molecule has 1 aromatic heterocycles. The number of nitrogens with one attached hydrogen (secondary N) is 1. The van der Waals surface area contributed by atoms with Crippen molar-refractivity contribution in [3.63, 3.8) is 0 Å². The van der Waals surface area contributed by atoms with E-state index in [1.807, 2.05) is 13.8 Å². The Kier molecular flexibility index (Phi) is 8.88. The van der Waals surface area contributed by atoms with Crippen LogP contribution in [0.25, 0.3) is 11.0 Å². The summed E-state index contributed by atoms with van der Waals surface area (Å²) in [5, 5.41) is 39.8. The van der Waals surface area contributed by atoms with Gasteiger partial charge in [0.2, 0.25) is 0 Å². The molecule has 5 N–H and O–H groups in total. The van der Waals surface area contributed by atoms with Crippen molar-refractivity contribution in [1.82, 2.24) is 14.9 Å². The van der Waals surface area contributed by atoms with Gasteiger partial charge in [0, 0.05) is 13.1 Å². The SMILES string of the molecule is Cc1cc2nc(C(=O)NCCOCCO)c(=O)n(CCC(O)[C@H](O)CO)c2cc1C. The van der Waals surface area contributed by atoms with E-state index in [2.05, 4.69) is 10.3 Å². The third-order valence-corrected chi connectivity index (χ3v) is 4.82. The van der Waals surface area contributed by atoms with Crippen LogP contribution in [0.2, 0.25) is 0 Å². The topological polar surface area (TPSA) is 154 Å². The molecule has 0 bridgehead atoms. The van der Waals surface area contributed by atoms with Crippen LogP contribution < -0.4 is 10.9 Å². The molecule has 10 nitrogen and oxygen atoms in total. The van der Waals surface area contributed by atoms with Crippen molar-refractivity contribution >= 4 is 16.9 Å². The first-order valence-corrected chi connectivity index (χ1v) is 9.75. The molecule has 2 aromatic rings. The van der Waals surface area contributed by atoms with E-state index in [1.54, 1.807) is 12.1 Å². The monoisotopic (exact) mass is 423 g/mol. The summed E-state index contributed by atoms with van der Waals surface area (Å²) >= 11 is 0. The highest BCUT2D eigenvalue weighted by molar-refractivity contribution is 5.94. The van der Waals surface area contributed by atoms with Crippen molar-refractivity contribution in [3.8, 4) is 0 Å². The van der Waals surface area contributed by atoms with Crippen molar-refractivity contribution < 1.29 is 30.0 Å². The van der Waals surface area contributed by atoms with Gasteiger partial charge in [-0.05, 0) is 43.5 Å². The first-order valence-electron chi connectivity index (χ1n) is 9.75. The lowest BCUT2D eigenvalue weighted by Gasteiger charge is -2.18. The molecule has 1 unspecified atom stereocenters. The maximum atomic E-state index is 13.0. The summed E-state index contributed by atoms with van der Waals surface area (Å²) in [6.45, 7) is 3.56. The zero-order chi connectivity index (χ0) is 22.3. The smallest absolute Gasteiger partial charge is 0.282 e. The quantitative estimate of drug-likeness (QED) is 0.284. The minimum atomic E-state index is -1.32. The molecule has 0 aliphatic rings. The standard InChI is InChI=1S/C20H29N3O7/c1-12-9-14-15(10-13(12)2)23(5-3-16(26)17(27)11-25)20(29)18(22-14)19(28)21-4-7-30-8-6-24/h9-10,16-17,24-27H,3-8,11H2,1-2H3,(H,21,28)/t16?,17-/m1/s1. The lowest BCUT2D eigenvalue weighted by atomic mass is 10.1. The number of aryl methyl sites for hydroxylation is 3. The summed E-state index contributed by atoms with van der Waals surface area (Å²) in [5.74, 6) is -0.655. The molecule has 0 aliphatic heterocycles. The number of hydrogen-bond acceptors (Lipinski definition) is 8. The Bertz CT molecular complexity index is 929. The van der Waals surface area contributed by atoms with E-state index >= 15 is 0 Å². The largest absolute Gasteiger partial charge is 0.394 e. The molecule has 0 spiro atoms. The second-order valence-corrected chi connectivity index (χ2v) is 7.04. The molecule has 30 heavy (non-hydrogen) atoms. The van der Waals surface area contributed by atoms with E-state index in [-0.39, 0.29) is 45.0 Å². The van der Waals surface area contributed by atoms with Crippen LogP contribution in [0.4, 0.5) is 0 Å². The van der Waals surface area contributed by atoms with Gasteiger partial charge in [0.05, 0.1) is 43.6 Å². The van der Waals surface area contributed by atoms with E-state index in [1.165, 1.54) is 4.57 Å². The number of aliphatic hydroxyl groups excluding tert-OH is 4. The van der Waals surface area contributed by atoms with Gasteiger partial charge in [-0.15, -0.1) is 0 Å². The molecule has 166 valence electrons. The van der Waals surface area contributed by atoms with Gasteiger partial charge in [0.1, 0.15) is 6.10 Å². The molecule has 2 rings (SSSR count). The number of aromatic nitrogens is 2. The van der Waals surface area contributed by atoms with Gasteiger partial charge in [-0.3, -0.25) is 9.59 Å². The number of benzene rings is 1. The van der Waals surface area contributed by atoms with E-state index in [4.69, 9.17) is 14.9 Å². The Morgan fingerprint density at radius 1 is 1.17 bits per heavy atom. The van der Waals surface area contributed by atoms with Crippen LogP contribution in [0.5, 0.6) is 0 Å². The number of rotatable bonds is 11. The minimum absolute atomic E-state index is 0.00370. The number of nitrogens with zero attached hydrogens (tertiary/aromatic N) is 2. The van der Waals surface area contributed by atoms with Crippen LogP contribution in [0.3, 0.4) is 0 Å². The van der Waals surface area contributed by atoms with Gasteiger partial charge in [-0.1, -0.05) is 0 Å². The lowest BCUT2D eigenvalue weighted by Crippen LogP contribution is -2.37. The zero-order valence-corrected chi connectivity index (χ0v) is 17.2. The lowest BCUT2D eigenvalue weighted by molar-refractivity contribution is -0.0192. The second kappa shape index (κ2) is 11.1. The fourth-order valence-electron chi connectivity index (χ4n) is 2.93. The molecule has 1 amide bonds. The molecule has 0 radical (unpaired) electrons. The molecule has 0 aliphatic carbocycles. The van der Waals surface area contributed by atoms with Crippen LogP contribution >= 0.6 is 0 Å². The molecular weight excluding hydrogens is 394 g/mol. The van der Waals surface area contributed by atoms with Gasteiger partial charge in [-0.2, -0.15) is 0 Å². The van der Waals surface area contributed by atoms with Crippen molar-refractivity contribution in [2.75, 3.05) is 33.0 Å². The summed E-state index contributed by atoms with van der Waals surface area (Å²) in [7, 11) is 0. The Morgan fingerprint density at radius 3 is 2.53 bits per heavy atom. The van der Waals surface area contributed by atoms with Gasteiger partial charge in [0.25, 0.3) is 11.5 Å². The maximum absolute atomic E-state index is 13.0. The van der Waals surface area contributed by atoms with Gasteiger partial charge in [-0.25, -0.2) is 4.98 Å². The van der Waals surface area contributed by atoms with E-state index in [9.17, 15) is 19.8 Å². The summed E-state index contributed by atoms with van der Waals surface area (Å²) in [6, 6.07) is 3.57. The highest BCUT2D eigenvalue weighted by Crippen LogP contribution is 2.18. The van der Waals surface area contributed by atoms with Crippen LogP contribution in [-0.2, 0) is 11.3 Å². The van der Waals surface area contributed by atoms with Crippen LogP contribution in [-0.4, -0.2) is 81.1 Å². The Labute approximate surface area is 173 Å². The Hall–Kier alpha value is -2.37. The molecule has 2 atom stereocenters. The Balaban J connectivity index is 2.36. The molecule has 1 heterocycles. The minimum Gasteiger partial charge on any atom is -0.394 e. The van der Waals surface area contributed by atoms with Crippen molar-refractivity contribution in [2.45, 2.75) is 39.0 Å². The molecule has 0 fully saturated rings. The van der Waals surface area contributed by atoms with Crippen molar-refractivity contribution in [2.24, 2.45) is 0 Å². The first-order chi connectivity index (χ1) is 14.3. The predicted octanol–water partition coefficient (Wildman–Crippen LogP) is -1.14. The average Bonchev–Trinajstić information content (AvgIpc) is 2.73. The highest BCUT2D eigenvalue weighted by atomic mass is 16.5. The number of amides is 1. The average molecular weight is 423 g/mol. The predicted molar refractivity (Wildman–Crippen MR) is 109 cm³/mol. The van der Waals surface area contributed by atoms with E-state index < -0.39 is 30.3 Å². The fraction of sp³-hybridized carbons (Fsp3) is 0.550. The number of aliphatic hydroxyl groups is 4. The molecule has 1 aromatic carbocycles. The number of hydrogen-bond donors (Lipinski definition) is 5. The van der Waals surface area contributed by atoms with Gasteiger partial charge in [0.15, 0.2) is 5.69 Å². The van der Waals surface area contributed by atoms with E-state index in [0.717, 1.165) is 11.1 Å². The normalized spacial score (nSPS) is 13.4. The highest BCUT2D eigenvalue weighted by Gasteiger charge is 2.20. The molecular formula is C20H29N3O7. The molecule has 10 heteroatoms. The third kappa shape index (κ3) is 5.83. The first kappa shape index (κ1) is 23.9. The van der Waals surface area contributed by atoms with E-state index in [0.29, 0.717) is 11.0 Å². The van der Waals surface area contributed by atoms with Gasteiger partial charge >= 0.3 is 0 Å². The van der Waals surface area contributed by atoms with Crippen molar-refractivity contribution in [3.05, 3.63) is 39.3 Å². The zero-order valence-electron chi connectivity index (χ0n) is 17.2. The number of fused-ring (bicyclic) bond motifs is 1. The second-order valence-electron chi connectivity index (χ2n) is 7.04. The number of carbonyl (C=O) groups is 1. The third-order valence-electron chi connectivity index (χ3n) is 4.82. The number of carbonyl (C=O) groups excluding carboxylic acids is 1. The van der Waals surface area contributed by atoms with Crippen LogP contribution in [0.1, 0.15) is 28.0 Å². The maximum Gasteiger partial charge on any atom is 0.282 e. The summed E-state index contributed by atoms with van der Waals surface area (Å²) in [6.07, 6.45) is -2.54. The summed E-state index contributed by atoms with van der Waals surface area (Å²) in [4.78, 5) is 29.8. The van der Waals surface area contributed by atoms with Gasteiger partial charge < -0.3 is 35.0 Å². The number of ether oxygens (including phenoxy) is 1. The Morgan fingerprint density at radius 2 is 1.87 bits per heavy atom. The summed E-state index contributed by atoms with van der Waals surface area (Å²) in [5.41, 5.74) is 1.94. The van der Waals surface area contributed by atoms with Crippen LogP contribution in [0.15, 0.2) is 16.9 Å². The fourth-order valence-corrected chi connectivity index (χ4v) is 2.93.